The highest BCUT2D eigenvalue weighted by atomic mass is 127. The Morgan fingerprint density at radius 3 is 2.38 bits per heavy atom. The van der Waals surface area contributed by atoms with Gasteiger partial charge in [0, 0.05) is 23.3 Å². The minimum atomic E-state index is -0.258. The van der Waals surface area contributed by atoms with Crippen LogP contribution >= 0.6 is 79.8 Å². The Kier molecular flexibility index (Phi) is 6.65. The molecule has 11 heteroatoms. The van der Waals surface area contributed by atoms with Gasteiger partial charge < -0.3 is 0 Å². The Labute approximate surface area is 212 Å². The van der Waals surface area contributed by atoms with Crippen molar-refractivity contribution in [1.82, 2.24) is 27.8 Å². The predicted octanol–water partition coefficient (Wildman–Crippen LogP) is 4.53. The molecule has 0 bridgehead atoms. The maximum Gasteiger partial charge on any atom is 0.368 e. The van der Waals surface area contributed by atoms with Gasteiger partial charge in [0.15, 0.2) is 0 Å². The summed E-state index contributed by atoms with van der Waals surface area (Å²) in [5.74, 6) is 0.720. The van der Waals surface area contributed by atoms with Crippen molar-refractivity contribution in [3.8, 4) is 16.9 Å². The van der Waals surface area contributed by atoms with Crippen LogP contribution in [0.5, 0.6) is 0 Å². The molecular formula is C18H13I3N6OS. The third-order valence-electron chi connectivity index (χ3n) is 4.21. The first kappa shape index (κ1) is 21.3. The van der Waals surface area contributed by atoms with Crippen molar-refractivity contribution in [3.05, 3.63) is 71.8 Å². The molecule has 0 radical (unpaired) electrons. The standard InChI is InChI=1S/C18H13I3N6OS/c1-25-18(28)26(24-23-25)14-5-3-2-4-12(14)10-29-13-8-6-11(7-9-13)16-15(19)17(20)22-27(16)21/h2-9H,10H2,1H3. The largest absolute Gasteiger partial charge is 0.368 e. The monoisotopic (exact) mass is 742 g/mol. The van der Waals surface area contributed by atoms with E-state index in [1.54, 1.807) is 18.8 Å². The highest BCUT2D eigenvalue weighted by molar-refractivity contribution is 14.1. The van der Waals surface area contributed by atoms with Crippen molar-refractivity contribution >= 4 is 79.8 Å². The molecule has 0 aliphatic rings. The van der Waals surface area contributed by atoms with Crippen LogP contribution in [0.25, 0.3) is 16.9 Å². The highest BCUT2D eigenvalue weighted by Gasteiger charge is 2.15. The van der Waals surface area contributed by atoms with Crippen LogP contribution in [0.4, 0.5) is 0 Å². The molecule has 4 aromatic rings. The highest BCUT2D eigenvalue weighted by Crippen LogP contribution is 2.32. The molecular weight excluding hydrogens is 729 g/mol. The number of aryl methyl sites for hydroxylation is 1. The van der Waals surface area contributed by atoms with E-state index in [0.717, 1.165) is 40.4 Å². The number of nitrogens with zero attached hydrogens (tertiary/aromatic N) is 6. The normalized spacial score (nSPS) is 11.2. The van der Waals surface area contributed by atoms with Gasteiger partial charge >= 0.3 is 5.69 Å². The summed E-state index contributed by atoms with van der Waals surface area (Å²) in [4.78, 5) is 13.4. The van der Waals surface area contributed by atoms with Crippen molar-refractivity contribution in [2.75, 3.05) is 0 Å². The summed E-state index contributed by atoms with van der Waals surface area (Å²) in [7, 11) is 1.59. The summed E-state index contributed by atoms with van der Waals surface area (Å²) in [5, 5.41) is 12.2. The maximum atomic E-state index is 12.2. The Bertz CT molecular complexity index is 1230. The van der Waals surface area contributed by atoms with Crippen LogP contribution in [0.2, 0.25) is 0 Å². The zero-order chi connectivity index (χ0) is 20.5. The first-order valence-corrected chi connectivity index (χ1v) is 12.5. The number of hydrogen-bond acceptors (Lipinski definition) is 5. The van der Waals surface area contributed by atoms with Gasteiger partial charge in [-0.15, -0.1) is 11.8 Å². The summed E-state index contributed by atoms with van der Waals surface area (Å²) in [6.07, 6.45) is 0. The van der Waals surface area contributed by atoms with Gasteiger partial charge in [-0.05, 0) is 79.4 Å². The molecule has 7 nitrogen and oxygen atoms in total. The summed E-state index contributed by atoms with van der Waals surface area (Å²) >= 11 is 8.51. The van der Waals surface area contributed by atoms with Crippen LogP contribution in [0.1, 0.15) is 5.56 Å². The Morgan fingerprint density at radius 2 is 1.76 bits per heavy atom. The molecule has 2 heterocycles. The lowest BCUT2D eigenvalue weighted by Crippen LogP contribution is -2.22. The number of thioether (sulfide) groups is 1. The molecule has 2 aromatic heterocycles. The summed E-state index contributed by atoms with van der Waals surface area (Å²) in [5.41, 5.74) is 3.77. The number of rotatable bonds is 5. The van der Waals surface area contributed by atoms with Crippen molar-refractivity contribution in [1.29, 1.82) is 0 Å². The second-order valence-electron chi connectivity index (χ2n) is 6.05. The first-order chi connectivity index (χ1) is 14.0. The zero-order valence-corrected chi connectivity index (χ0v) is 22.2. The first-order valence-electron chi connectivity index (χ1n) is 8.36. The lowest BCUT2D eigenvalue weighted by atomic mass is 10.2. The molecule has 0 amide bonds. The topological polar surface area (TPSA) is 70.5 Å². The van der Waals surface area contributed by atoms with Crippen molar-refractivity contribution < 1.29 is 0 Å². The van der Waals surface area contributed by atoms with Crippen LogP contribution in [0, 0.1) is 7.27 Å². The van der Waals surface area contributed by atoms with Gasteiger partial charge in [-0.1, -0.05) is 30.3 Å². The molecule has 0 N–H and O–H groups in total. The van der Waals surface area contributed by atoms with E-state index in [9.17, 15) is 4.79 Å². The molecule has 0 atom stereocenters. The molecule has 0 aliphatic carbocycles. The number of tetrazole rings is 1. The Balaban J connectivity index is 1.55. The smallest absolute Gasteiger partial charge is 0.244 e. The number of benzene rings is 2. The predicted molar refractivity (Wildman–Crippen MR) is 139 cm³/mol. The molecule has 2 aromatic carbocycles. The van der Waals surface area contributed by atoms with Crippen LogP contribution in [0.15, 0.2) is 58.2 Å². The minimum Gasteiger partial charge on any atom is -0.244 e. The number of hydrogen-bond donors (Lipinski definition) is 0. The number of aromatic nitrogens is 6. The quantitative estimate of drug-likeness (QED) is 0.222. The van der Waals surface area contributed by atoms with E-state index in [-0.39, 0.29) is 5.69 Å². The molecule has 0 fully saturated rings. The van der Waals surface area contributed by atoms with Crippen LogP contribution < -0.4 is 5.69 Å². The lowest BCUT2D eigenvalue weighted by molar-refractivity contribution is 0.692. The second kappa shape index (κ2) is 9.05. The number of para-hydroxylation sites is 1. The Morgan fingerprint density at radius 1 is 1.03 bits per heavy atom. The maximum absolute atomic E-state index is 12.2. The third kappa shape index (κ3) is 4.41. The van der Waals surface area contributed by atoms with Crippen molar-refractivity contribution in [2.45, 2.75) is 10.6 Å². The average molecular weight is 742 g/mol. The molecule has 4 rings (SSSR count). The van der Waals surface area contributed by atoms with Gasteiger partial charge in [0.1, 0.15) is 3.70 Å². The van der Waals surface area contributed by atoms with Gasteiger partial charge in [0.2, 0.25) is 0 Å². The molecule has 148 valence electrons. The molecule has 0 spiro atoms. The molecule has 0 unspecified atom stereocenters. The zero-order valence-electron chi connectivity index (χ0n) is 15.0. The van der Waals surface area contributed by atoms with Crippen LogP contribution in [-0.2, 0) is 12.8 Å². The fraction of sp³-hybridized carbons (Fsp3) is 0.111. The molecule has 0 aliphatic heterocycles. The van der Waals surface area contributed by atoms with E-state index in [1.165, 1.54) is 9.36 Å². The fourth-order valence-electron chi connectivity index (χ4n) is 2.76. The van der Waals surface area contributed by atoms with E-state index in [0.29, 0.717) is 0 Å². The van der Waals surface area contributed by atoms with E-state index in [2.05, 4.69) is 108 Å². The van der Waals surface area contributed by atoms with Gasteiger partial charge in [0.05, 0.1) is 37.8 Å². The molecule has 0 saturated carbocycles. The van der Waals surface area contributed by atoms with Gasteiger partial charge in [-0.2, -0.15) is 14.5 Å². The summed E-state index contributed by atoms with van der Waals surface area (Å²) < 4.78 is 6.61. The fourth-order valence-corrected chi connectivity index (χ4v) is 6.38. The van der Waals surface area contributed by atoms with E-state index in [1.807, 2.05) is 27.2 Å². The minimum absolute atomic E-state index is 0.258. The van der Waals surface area contributed by atoms with Gasteiger partial charge in [0.25, 0.3) is 0 Å². The van der Waals surface area contributed by atoms with E-state index >= 15 is 0 Å². The van der Waals surface area contributed by atoms with Crippen LogP contribution in [0.3, 0.4) is 0 Å². The lowest BCUT2D eigenvalue weighted by Gasteiger charge is -2.08. The third-order valence-corrected chi connectivity index (χ3v) is 8.78. The van der Waals surface area contributed by atoms with Gasteiger partial charge in [-0.3, -0.25) is 0 Å². The van der Waals surface area contributed by atoms with Crippen molar-refractivity contribution in [3.63, 3.8) is 0 Å². The summed E-state index contributed by atoms with van der Waals surface area (Å²) in [6.45, 7) is 0. The second-order valence-corrected chi connectivity index (χ2v) is 10.1. The van der Waals surface area contributed by atoms with E-state index in [4.69, 9.17) is 0 Å². The number of halogens is 3. The van der Waals surface area contributed by atoms with Crippen molar-refractivity contribution in [2.24, 2.45) is 7.05 Å². The van der Waals surface area contributed by atoms with Gasteiger partial charge in [-0.25, -0.2) is 7.69 Å². The molecule has 0 saturated heterocycles. The Hall–Kier alpha value is -0.940. The van der Waals surface area contributed by atoms with E-state index < -0.39 is 0 Å². The average Bonchev–Trinajstić information content (AvgIpc) is 3.18. The SMILES string of the molecule is Cn1nnn(-c2ccccc2CSc2ccc(-c3c(I)c(I)nn3I)cc2)c1=O. The summed E-state index contributed by atoms with van der Waals surface area (Å²) in [6, 6.07) is 16.2. The van der Waals surface area contributed by atoms with Crippen LogP contribution in [-0.4, -0.2) is 27.8 Å². The molecule has 29 heavy (non-hydrogen) atoms.